The minimum absolute atomic E-state index is 0.0317. The van der Waals surface area contributed by atoms with E-state index in [9.17, 15) is 27.6 Å². The molecule has 0 spiro atoms. The SMILES string of the molecule is COC(=O)c1ccc(N(C)C(=O)CN(C)C(=O)[C@@H]2C[C@@H](SC(C)=O)CN2S(=O)(=O)c2cccc3cccnc23)cc1. The highest BCUT2D eigenvalue weighted by atomic mass is 32.2. The van der Waals surface area contributed by atoms with E-state index in [0.29, 0.717) is 16.6 Å². The molecule has 0 saturated carbocycles. The molecule has 0 unspecified atom stereocenters. The van der Waals surface area contributed by atoms with Gasteiger partial charge in [0.25, 0.3) is 0 Å². The number of aromatic nitrogens is 1. The van der Waals surface area contributed by atoms with Crippen molar-refractivity contribution in [2.24, 2.45) is 0 Å². The van der Waals surface area contributed by atoms with Crippen LogP contribution in [0, 0.1) is 0 Å². The van der Waals surface area contributed by atoms with Crippen LogP contribution >= 0.6 is 11.8 Å². The van der Waals surface area contributed by atoms with Gasteiger partial charge < -0.3 is 14.5 Å². The number of anilines is 1. The quantitative estimate of drug-likeness (QED) is 0.359. The molecule has 2 aromatic carbocycles. The van der Waals surface area contributed by atoms with Crippen molar-refractivity contribution in [2.45, 2.75) is 29.5 Å². The molecule has 1 aromatic heterocycles. The molecule has 0 N–H and O–H groups in total. The summed E-state index contributed by atoms with van der Waals surface area (Å²) in [5, 5.41) is 0.0191. The Morgan fingerprint density at radius 3 is 2.39 bits per heavy atom. The molecule has 2 atom stereocenters. The number of esters is 1. The molecule has 2 amide bonds. The second-order valence-electron chi connectivity index (χ2n) is 9.57. The van der Waals surface area contributed by atoms with E-state index in [2.05, 4.69) is 9.72 Å². The lowest BCUT2D eigenvalue weighted by Gasteiger charge is -2.28. The first kappa shape index (κ1) is 30.2. The highest BCUT2D eigenvalue weighted by Crippen LogP contribution is 2.35. The van der Waals surface area contributed by atoms with Crippen LogP contribution in [-0.2, 0) is 29.1 Å². The Labute approximate surface area is 242 Å². The van der Waals surface area contributed by atoms with Crippen LogP contribution in [0.4, 0.5) is 5.69 Å². The Balaban J connectivity index is 1.56. The number of carbonyl (C=O) groups is 4. The number of sulfonamides is 1. The van der Waals surface area contributed by atoms with E-state index in [0.717, 1.165) is 16.1 Å². The highest BCUT2D eigenvalue weighted by Gasteiger charge is 2.46. The number of amides is 2. The van der Waals surface area contributed by atoms with Gasteiger partial charge >= 0.3 is 5.97 Å². The Hall–Kier alpha value is -3.81. The Bertz CT molecular complexity index is 1590. The first-order valence-electron chi connectivity index (χ1n) is 12.7. The largest absolute Gasteiger partial charge is 0.465 e. The molecule has 1 aliphatic heterocycles. The van der Waals surface area contributed by atoms with Crippen molar-refractivity contribution >= 4 is 61.3 Å². The fraction of sp³-hybridized carbons (Fsp3) is 0.321. The molecule has 11 nitrogen and oxygen atoms in total. The van der Waals surface area contributed by atoms with E-state index < -0.39 is 39.1 Å². The zero-order chi connectivity index (χ0) is 29.9. The van der Waals surface area contributed by atoms with Crippen LogP contribution in [-0.4, -0.2) is 91.1 Å². The smallest absolute Gasteiger partial charge is 0.337 e. The van der Waals surface area contributed by atoms with E-state index in [1.807, 2.05) is 0 Å². The fourth-order valence-electron chi connectivity index (χ4n) is 4.71. The van der Waals surface area contributed by atoms with E-state index in [4.69, 9.17) is 0 Å². The van der Waals surface area contributed by atoms with Gasteiger partial charge in [0.05, 0.1) is 24.7 Å². The Morgan fingerprint density at radius 2 is 1.73 bits per heavy atom. The van der Waals surface area contributed by atoms with E-state index in [-0.39, 0.29) is 35.0 Å². The maximum atomic E-state index is 13.9. The summed E-state index contributed by atoms with van der Waals surface area (Å²) in [6.45, 7) is 1.03. The number of fused-ring (bicyclic) bond motifs is 1. The minimum Gasteiger partial charge on any atom is -0.465 e. The molecule has 0 radical (unpaired) electrons. The molecule has 1 saturated heterocycles. The second kappa shape index (κ2) is 12.4. The van der Waals surface area contributed by atoms with Crippen molar-refractivity contribution in [2.75, 3.05) is 39.2 Å². The number of likely N-dealkylation sites (N-methyl/N-ethyl adjacent to an activating group) is 2. The van der Waals surface area contributed by atoms with Crippen molar-refractivity contribution in [3.8, 4) is 0 Å². The first-order chi connectivity index (χ1) is 19.4. The van der Waals surface area contributed by atoms with Crippen LogP contribution < -0.4 is 4.90 Å². The summed E-state index contributed by atoms with van der Waals surface area (Å²) in [6.07, 6.45) is 1.62. The van der Waals surface area contributed by atoms with Crippen LogP contribution in [0.3, 0.4) is 0 Å². The molecule has 0 aliphatic carbocycles. The van der Waals surface area contributed by atoms with Crippen molar-refractivity contribution in [1.82, 2.24) is 14.2 Å². The standard InChI is InChI=1S/C28H30N4O7S2/c1-18(33)40-22-15-23(32(16-22)41(37,38)24-9-5-7-19-8-6-14-29-26(19)24)27(35)30(2)17-25(34)31(3)21-12-10-20(11-13-21)28(36)39-4/h5-14,22-23H,15-17H2,1-4H3/t22-,23+/m1/s1. The second-order valence-corrected chi connectivity index (χ2v) is 12.9. The predicted molar refractivity (Wildman–Crippen MR) is 155 cm³/mol. The monoisotopic (exact) mass is 598 g/mol. The van der Waals surface area contributed by atoms with Crippen LogP contribution in [0.15, 0.2) is 65.7 Å². The minimum atomic E-state index is -4.20. The fourth-order valence-corrected chi connectivity index (χ4v) is 7.60. The van der Waals surface area contributed by atoms with E-state index in [1.165, 1.54) is 62.3 Å². The number of para-hydroxylation sites is 1. The number of methoxy groups -OCH3 is 1. The number of carbonyl (C=O) groups excluding carboxylic acids is 4. The summed E-state index contributed by atoms with van der Waals surface area (Å²) in [7, 11) is 0.0455. The average Bonchev–Trinajstić information content (AvgIpc) is 3.39. The lowest BCUT2D eigenvalue weighted by atomic mass is 10.2. The summed E-state index contributed by atoms with van der Waals surface area (Å²) >= 11 is 0.995. The van der Waals surface area contributed by atoms with Gasteiger partial charge in [-0.25, -0.2) is 13.2 Å². The lowest BCUT2D eigenvalue weighted by Crippen LogP contribution is -2.49. The molecule has 4 rings (SSSR count). The molecular formula is C28H30N4O7S2. The van der Waals surface area contributed by atoms with Crippen molar-refractivity contribution in [3.63, 3.8) is 0 Å². The van der Waals surface area contributed by atoms with Crippen LogP contribution in [0.2, 0.25) is 0 Å². The van der Waals surface area contributed by atoms with Gasteiger partial charge in [-0.2, -0.15) is 4.31 Å². The van der Waals surface area contributed by atoms with Gasteiger partial charge in [-0.15, -0.1) is 0 Å². The van der Waals surface area contributed by atoms with Crippen LogP contribution in [0.25, 0.3) is 10.9 Å². The number of ether oxygens (including phenoxy) is 1. The number of rotatable bonds is 8. The number of benzene rings is 2. The summed E-state index contributed by atoms with van der Waals surface area (Å²) in [5.74, 6) is -1.49. The molecule has 1 aliphatic rings. The Kier molecular flexibility index (Phi) is 9.10. The predicted octanol–water partition coefficient (Wildman–Crippen LogP) is 2.55. The van der Waals surface area contributed by atoms with Gasteiger partial charge in [0.15, 0.2) is 5.12 Å². The molecule has 41 heavy (non-hydrogen) atoms. The lowest BCUT2D eigenvalue weighted by molar-refractivity contribution is -0.136. The third kappa shape index (κ3) is 6.42. The van der Waals surface area contributed by atoms with E-state index in [1.54, 1.807) is 36.4 Å². The zero-order valence-corrected chi connectivity index (χ0v) is 24.6. The summed E-state index contributed by atoms with van der Waals surface area (Å²) in [6, 6.07) is 13.4. The normalized spacial score (nSPS) is 17.3. The van der Waals surface area contributed by atoms with Gasteiger partial charge in [0.2, 0.25) is 21.8 Å². The number of nitrogens with zero attached hydrogens (tertiary/aromatic N) is 4. The molecule has 0 bridgehead atoms. The van der Waals surface area contributed by atoms with Crippen molar-refractivity contribution < 1.29 is 32.3 Å². The number of thioether (sulfide) groups is 1. The van der Waals surface area contributed by atoms with Gasteiger partial charge in [-0.1, -0.05) is 30.0 Å². The van der Waals surface area contributed by atoms with Gasteiger partial charge in [0.1, 0.15) is 10.9 Å². The summed E-state index contributed by atoms with van der Waals surface area (Å²) in [4.78, 5) is 57.0. The molecule has 216 valence electrons. The third-order valence-electron chi connectivity index (χ3n) is 6.82. The maximum Gasteiger partial charge on any atom is 0.337 e. The third-order valence-corrected chi connectivity index (χ3v) is 9.73. The molecule has 1 fully saturated rings. The van der Waals surface area contributed by atoms with Crippen LogP contribution in [0.5, 0.6) is 0 Å². The van der Waals surface area contributed by atoms with E-state index >= 15 is 0 Å². The van der Waals surface area contributed by atoms with Crippen molar-refractivity contribution in [1.29, 1.82) is 0 Å². The molecule has 3 aromatic rings. The van der Waals surface area contributed by atoms with Gasteiger partial charge in [-0.05, 0) is 42.8 Å². The van der Waals surface area contributed by atoms with Crippen molar-refractivity contribution in [3.05, 3.63) is 66.4 Å². The zero-order valence-electron chi connectivity index (χ0n) is 23.0. The number of pyridine rings is 1. The maximum absolute atomic E-state index is 13.9. The first-order valence-corrected chi connectivity index (χ1v) is 15.0. The van der Waals surface area contributed by atoms with Crippen LogP contribution in [0.1, 0.15) is 23.7 Å². The topological polar surface area (TPSA) is 134 Å². The molecular weight excluding hydrogens is 568 g/mol. The number of hydrogen-bond acceptors (Lipinski definition) is 9. The summed E-state index contributed by atoms with van der Waals surface area (Å²) in [5.41, 5.74) is 1.11. The average molecular weight is 599 g/mol. The van der Waals surface area contributed by atoms with Gasteiger partial charge in [0, 0.05) is 50.1 Å². The number of hydrogen-bond donors (Lipinski definition) is 0. The summed E-state index contributed by atoms with van der Waals surface area (Å²) < 4.78 is 33.7. The molecule has 2 heterocycles. The highest BCUT2D eigenvalue weighted by molar-refractivity contribution is 8.14. The molecule has 13 heteroatoms. The van der Waals surface area contributed by atoms with Gasteiger partial charge in [-0.3, -0.25) is 19.4 Å². The Morgan fingerprint density at radius 1 is 1.05 bits per heavy atom.